The zero-order valence-electron chi connectivity index (χ0n) is 44.9. The Morgan fingerprint density at radius 2 is 0.549 bits per heavy atom. The molecule has 0 bridgehead atoms. The second-order valence-electron chi connectivity index (χ2n) is 17.4. The van der Waals surface area contributed by atoms with Crippen LogP contribution in [0.15, 0.2) is 170 Å². The van der Waals surface area contributed by atoms with Crippen molar-refractivity contribution in [2.75, 3.05) is 13.2 Å². The summed E-state index contributed by atoms with van der Waals surface area (Å²) in [5, 5.41) is 0. The second-order valence-corrected chi connectivity index (χ2v) is 17.4. The summed E-state index contributed by atoms with van der Waals surface area (Å²) in [6, 6.07) is 0. The molecule has 394 valence electrons. The molecule has 0 aliphatic heterocycles. The summed E-state index contributed by atoms with van der Waals surface area (Å²) in [6.07, 6.45) is 85.4. The molecule has 0 aromatic carbocycles. The van der Waals surface area contributed by atoms with Crippen LogP contribution in [0.4, 0.5) is 0 Å². The highest BCUT2D eigenvalue weighted by atomic mass is 16.6. The Balaban J connectivity index is 4.25. The molecule has 1 unspecified atom stereocenters. The molecule has 0 saturated heterocycles. The third-order valence-corrected chi connectivity index (χ3v) is 10.7. The number of ether oxygens (including phenoxy) is 3. The van der Waals surface area contributed by atoms with Gasteiger partial charge in [0.1, 0.15) is 13.2 Å². The van der Waals surface area contributed by atoms with E-state index in [4.69, 9.17) is 14.2 Å². The first-order chi connectivity index (χ1) is 35.0. The zero-order chi connectivity index (χ0) is 51.4. The molecule has 6 heteroatoms. The maximum Gasteiger partial charge on any atom is 0.306 e. The number of allylic oxidation sites excluding steroid dienone is 28. The molecule has 0 fully saturated rings. The first-order valence-corrected chi connectivity index (χ1v) is 27.6. The SMILES string of the molecule is CC/C=C\C/C=C\C/C=C\C/C=C\C/C=C\C/C=C\C/C=C\C/C=C\C/C=C\C/C=C\CCCCC(=O)OCC(COC(=O)CCCCCCC)OC(=O)CCCC/C=C\C/C=C\C/C=C\C/C=C\CC. The highest BCUT2D eigenvalue weighted by Crippen LogP contribution is 2.10. The summed E-state index contributed by atoms with van der Waals surface area (Å²) in [5.41, 5.74) is 0. The lowest BCUT2D eigenvalue weighted by Gasteiger charge is -2.18. The zero-order valence-corrected chi connectivity index (χ0v) is 44.9. The number of hydrogen-bond donors (Lipinski definition) is 0. The van der Waals surface area contributed by atoms with Crippen molar-refractivity contribution in [3.05, 3.63) is 170 Å². The van der Waals surface area contributed by atoms with Gasteiger partial charge in [0, 0.05) is 19.3 Å². The summed E-state index contributed by atoms with van der Waals surface area (Å²) in [7, 11) is 0. The number of unbranched alkanes of at least 4 members (excludes halogenated alkanes) is 8. The van der Waals surface area contributed by atoms with Crippen LogP contribution in [0.2, 0.25) is 0 Å². The van der Waals surface area contributed by atoms with E-state index >= 15 is 0 Å². The molecule has 0 radical (unpaired) electrons. The Morgan fingerprint density at radius 3 is 0.845 bits per heavy atom. The van der Waals surface area contributed by atoms with Crippen LogP contribution in [-0.4, -0.2) is 37.2 Å². The molecule has 71 heavy (non-hydrogen) atoms. The van der Waals surface area contributed by atoms with Crippen LogP contribution < -0.4 is 0 Å². The lowest BCUT2D eigenvalue weighted by Crippen LogP contribution is -2.30. The van der Waals surface area contributed by atoms with Crippen molar-refractivity contribution in [3.8, 4) is 0 Å². The minimum Gasteiger partial charge on any atom is -0.462 e. The quantitative estimate of drug-likeness (QED) is 0.0262. The van der Waals surface area contributed by atoms with Crippen molar-refractivity contribution in [1.82, 2.24) is 0 Å². The topological polar surface area (TPSA) is 78.9 Å². The summed E-state index contributed by atoms with van der Waals surface area (Å²) in [5.74, 6) is -1.03. The highest BCUT2D eigenvalue weighted by molar-refractivity contribution is 5.71. The van der Waals surface area contributed by atoms with Gasteiger partial charge in [-0.15, -0.1) is 0 Å². The molecule has 0 aromatic heterocycles. The first-order valence-electron chi connectivity index (χ1n) is 27.6. The monoisotopic (exact) mass is 975 g/mol. The van der Waals surface area contributed by atoms with Gasteiger partial charge in [-0.2, -0.15) is 0 Å². The summed E-state index contributed by atoms with van der Waals surface area (Å²) in [4.78, 5) is 37.7. The van der Waals surface area contributed by atoms with Crippen LogP contribution in [0.25, 0.3) is 0 Å². The lowest BCUT2D eigenvalue weighted by atomic mass is 10.1. The Labute approximate surface area is 434 Å². The number of carbonyl (C=O) groups excluding carboxylic acids is 3. The van der Waals surface area contributed by atoms with Gasteiger partial charge in [-0.1, -0.05) is 217 Å². The van der Waals surface area contributed by atoms with Crippen LogP contribution in [0.1, 0.15) is 201 Å². The van der Waals surface area contributed by atoms with Gasteiger partial charge in [0.05, 0.1) is 0 Å². The number of esters is 3. The fourth-order valence-corrected chi connectivity index (χ4v) is 6.63. The maximum absolute atomic E-state index is 12.7. The van der Waals surface area contributed by atoms with E-state index in [2.05, 4.69) is 191 Å². The van der Waals surface area contributed by atoms with Crippen LogP contribution in [-0.2, 0) is 28.6 Å². The standard InChI is InChI=1S/C65H98O6/c1-4-7-10-13-15-17-19-21-23-24-25-26-27-28-29-30-31-32-33-34-35-36-37-38-39-40-42-43-45-47-49-52-55-58-64(67)70-61-62(60-69-63(66)57-54-51-12-9-6-3)71-65(68)59-56-53-50-48-46-44-41-22-20-18-16-14-11-8-5-2/h7-8,10-11,15-18,21-23,25-26,28-29,31-32,34-35,37-38,40-42,45-48,62H,4-6,9,12-14,19-20,24,27,30,33,36,39,43-44,49-61H2,1-3H3/b10-7-,11-8-,17-15-,18-16-,23-21-,26-25-,29-28-,32-31-,35-34-,38-37-,41-22-,42-40-,47-45-,48-46-. The lowest BCUT2D eigenvalue weighted by molar-refractivity contribution is -0.167. The summed E-state index contributed by atoms with van der Waals surface area (Å²) in [6.45, 7) is 6.21. The van der Waals surface area contributed by atoms with Gasteiger partial charge in [-0.25, -0.2) is 0 Å². The molecule has 0 N–H and O–H groups in total. The molecule has 0 amide bonds. The normalized spacial score (nSPS) is 13.5. The Morgan fingerprint density at radius 1 is 0.296 bits per heavy atom. The van der Waals surface area contributed by atoms with Gasteiger partial charge in [0.2, 0.25) is 0 Å². The largest absolute Gasteiger partial charge is 0.462 e. The van der Waals surface area contributed by atoms with Crippen molar-refractivity contribution in [2.24, 2.45) is 0 Å². The molecule has 0 rings (SSSR count). The van der Waals surface area contributed by atoms with Crippen molar-refractivity contribution >= 4 is 17.9 Å². The van der Waals surface area contributed by atoms with Crippen molar-refractivity contribution < 1.29 is 28.6 Å². The molecule has 0 spiro atoms. The van der Waals surface area contributed by atoms with Crippen LogP contribution in [0, 0.1) is 0 Å². The van der Waals surface area contributed by atoms with Crippen LogP contribution in [0.3, 0.4) is 0 Å². The van der Waals surface area contributed by atoms with E-state index in [1.807, 2.05) is 0 Å². The van der Waals surface area contributed by atoms with Gasteiger partial charge in [-0.05, 0) is 135 Å². The van der Waals surface area contributed by atoms with Crippen molar-refractivity contribution in [2.45, 2.75) is 207 Å². The third-order valence-electron chi connectivity index (χ3n) is 10.7. The number of rotatable bonds is 47. The Bertz CT molecular complexity index is 1690. The molecule has 0 heterocycles. The van der Waals surface area contributed by atoms with E-state index in [0.29, 0.717) is 19.3 Å². The molecular weight excluding hydrogens is 877 g/mol. The number of carbonyl (C=O) groups is 3. The van der Waals surface area contributed by atoms with Gasteiger partial charge < -0.3 is 14.2 Å². The Kier molecular flexibility index (Phi) is 53.1. The second kappa shape index (κ2) is 57.3. The average molecular weight is 975 g/mol. The minimum absolute atomic E-state index is 0.117. The fourth-order valence-electron chi connectivity index (χ4n) is 6.63. The van der Waals surface area contributed by atoms with E-state index < -0.39 is 6.10 Å². The molecule has 0 saturated carbocycles. The van der Waals surface area contributed by atoms with Gasteiger partial charge >= 0.3 is 17.9 Å². The van der Waals surface area contributed by atoms with E-state index in [1.165, 1.54) is 0 Å². The molecular formula is C65H98O6. The predicted molar refractivity (Wildman–Crippen MR) is 306 cm³/mol. The smallest absolute Gasteiger partial charge is 0.306 e. The first kappa shape index (κ1) is 65.8. The molecule has 0 aromatic rings. The Hall–Kier alpha value is -5.23. The molecule has 6 nitrogen and oxygen atoms in total. The molecule has 0 aliphatic rings. The van der Waals surface area contributed by atoms with E-state index in [-0.39, 0.29) is 44.0 Å². The van der Waals surface area contributed by atoms with E-state index in [0.717, 1.165) is 148 Å². The molecule has 0 aliphatic carbocycles. The van der Waals surface area contributed by atoms with E-state index in [1.54, 1.807) is 0 Å². The van der Waals surface area contributed by atoms with Gasteiger partial charge in [-0.3, -0.25) is 14.4 Å². The van der Waals surface area contributed by atoms with E-state index in [9.17, 15) is 14.4 Å². The van der Waals surface area contributed by atoms with Gasteiger partial charge in [0.15, 0.2) is 6.10 Å². The van der Waals surface area contributed by atoms with Gasteiger partial charge in [0.25, 0.3) is 0 Å². The fraction of sp³-hybridized carbons (Fsp3) is 0.523. The third kappa shape index (κ3) is 55.6. The number of hydrogen-bond acceptors (Lipinski definition) is 6. The highest BCUT2D eigenvalue weighted by Gasteiger charge is 2.19. The summed E-state index contributed by atoms with van der Waals surface area (Å²) >= 11 is 0. The van der Waals surface area contributed by atoms with Crippen LogP contribution >= 0.6 is 0 Å². The minimum atomic E-state index is -0.822. The molecule has 1 atom stereocenters. The predicted octanol–water partition coefficient (Wildman–Crippen LogP) is 18.8. The van der Waals surface area contributed by atoms with Crippen molar-refractivity contribution in [1.29, 1.82) is 0 Å². The van der Waals surface area contributed by atoms with Crippen molar-refractivity contribution in [3.63, 3.8) is 0 Å². The average Bonchev–Trinajstić information content (AvgIpc) is 3.37. The summed E-state index contributed by atoms with van der Waals surface area (Å²) < 4.78 is 16.6. The van der Waals surface area contributed by atoms with Crippen LogP contribution in [0.5, 0.6) is 0 Å². The maximum atomic E-state index is 12.7.